The van der Waals surface area contributed by atoms with Gasteiger partial charge in [0, 0.05) is 23.7 Å². The first-order valence-corrected chi connectivity index (χ1v) is 16.0. The summed E-state index contributed by atoms with van der Waals surface area (Å²) < 4.78 is 0. The van der Waals surface area contributed by atoms with E-state index in [9.17, 15) is 0 Å². The minimum Gasteiger partial charge on any atom is -0.333 e. The number of rotatable bonds is 4. The average Bonchev–Trinajstić information content (AvgIpc) is 3.08. The Hall–Kier alpha value is -4.76. The van der Waals surface area contributed by atoms with Gasteiger partial charge in [-0.25, -0.2) is 9.98 Å². The van der Waals surface area contributed by atoms with Crippen LogP contribution < -0.4 is 0 Å². The normalized spacial score (nSPS) is 19.3. The molecule has 3 nitrogen and oxygen atoms in total. The lowest BCUT2D eigenvalue weighted by atomic mass is 9.81. The lowest BCUT2D eigenvalue weighted by Crippen LogP contribution is -2.36. The highest BCUT2D eigenvalue weighted by Gasteiger charge is 2.30. The third kappa shape index (κ3) is 4.59. The molecule has 5 aromatic carbocycles. The maximum Gasteiger partial charge on any atom is 0.159 e. The number of amidine groups is 2. The number of benzene rings is 5. The molecular formula is C41H37N3. The van der Waals surface area contributed by atoms with E-state index < -0.39 is 0 Å². The minimum absolute atomic E-state index is 0.188. The average molecular weight is 572 g/mol. The molecule has 1 unspecified atom stereocenters. The molecule has 1 aliphatic heterocycles. The molecule has 0 spiro atoms. The van der Waals surface area contributed by atoms with Gasteiger partial charge in [0.2, 0.25) is 0 Å². The van der Waals surface area contributed by atoms with Gasteiger partial charge in [0.15, 0.2) is 12.0 Å². The maximum absolute atomic E-state index is 5.42. The lowest BCUT2D eigenvalue weighted by Gasteiger charge is -2.34. The number of aryl methyl sites for hydroxylation is 1. The van der Waals surface area contributed by atoms with Gasteiger partial charge in [-0.3, -0.25) is 0 Å². The van der Waals surface area contributed by atoms with Crippen molar-refractivity contribution in [2.45, 2.75) is 51.1 Å². The van der Waals surface area contributed by atoms with E-state index in [1.807, 2.05) is 0 Å². The second-order valence-electron chi connectivity index (χ2n) is 12.5. The van der Waals surface area contributed by atoms with E-state index in [1.165, 1.54) is 68.1 Å². The molecular weight excluding hydrogens is 534 g/mol. The molecule has 5 aromatic rings. The van der Waals surface area contributed by atoms with Crippen molar-refractivity contribution in [3.05, 3.63) is 148 Å². The fourth-order valence-electron chi connectivity index (χ4n) is 7.49. The third-order valence-electron chi connectivity index (χ3n) is 9.82. The van der Waals surface area contributed by atoms with Crippen LogP contribution >= 0.6 is 0 Å². The van der Waals surface area contributed by atoms with Crippen LogP contribution in [0.4, 0.5) is 0 Å². The van der Waals surface area contributed by atoms with Gasteiger partial charge >= 0.3 is 0 Å². The smallest absolute Gasteiger partial charge is 0.159 e. The van der Waals surface area contributed by atoms with Crippen LogP contribution in [0.2, 0.25) is 0 Å². The quantitative estimate of drug-likeness (QED) is 0.211. The molecule has 1 heterocycles. The first-order chi connectivity index (χ1) is 21.7. The topological polar surface area (TPSA) is 28.0 Å². The Labute approximate surface area is 260 Å². The van der Waals surface area contributed by atoms with Gasteiger partial charge in [0.25, 0.3) is 0 Å². The summed E-state index contributed by atoms with van der Waals surface area (Å²) in [6.45, 7) is 2.35. The molecule has 0 fully saturated rings. The Morgan fingerprint density at radius 3 is 2.39 bits per heavy atom. The van der Waals surface area contributed by atoms with Crippen molar-refractivity contribution in [3.63, 3.8) is 0 Å². The number of nitrogens with zero attached hydrogens (tertiary/aromatic N) is 3. The second kappa shape index (κ2) is 11.1. The van der Waals surface area contributed by atoms with Gasteiger partial charge in [-0.05, 0) is 82.2 Å². The van der Waals surface area contributed by atoms with Crippen LogP contribution in [0.5, 0.6) is 0 Å². The molecule has 44 heavy (non-hydrogen) atoms. The van der Waals surface area contributed by atoms with Crippen molar-refractivity contribution in [3.8, 4) is 11.1 Å². The molecule has 2 atom stereocenters. The van der Waals surface area contributed by atoms with Crippen molar-refractivity contribution in [1.82, 2.24) is 4.90 Å². The molecule has 8 rings (SSSR count). The highest BCUT2D eigenvalue weighted by Crippen LogP contribution is 2.37. The molecule has 0 bridgehead atoms. The Kier molecular flexibility index (Phi) is 6.75. The molecule has 0 saturated heterocycles. The first kappa shape index (κ1) is 26.8. The first-order valence-electron chi connectivity index (χ1n) is 16.0. The summed E-state index contributed by atoms with van der Waals surface area (Å²) in [6, 6.07) is 37.6. The predicted molar refractivity (Wildman–Crippen MR) is 185 cm³/mol. The van der Waals surface area contributed by atoms with E-state index in [1.54, 1.807) is 0 Å². The SMILES string of the molecule is CC1CCCc2c(C3=N[C@@H](c4cccc5ccccc45)N(C)C(c4ccc(-c5cccc6c5C=CCC6)cc4)=N3)cccc21. The Morgan fingerprint density at radius 1 is 0.727 bits per heavy atom. The van der Waals surface area contributed by atoms with E-state index in [2.05, 4.69) is 134 Å². The van der Waals surface area contributed by atoms with Gasteiger partial charge in [-0.2, -0.15) is 0 Å². The fourth-order valence-corrected chi connectivity index (χ4v) is 7.49. The molecule has 0 saturated carbocycles. The Bertz CT molecular complexity index is 1970. The van der Waals surface area contributed by atoms with Crippen molar-refractivity contribution < 1.29 is 0 Å². The Balaban J connectivity index is 1.26. The molecule has 0 radical (unpaired) electrons. The van der Waals surface area contributed by atoms with Crippen LogP contribution in [0.25, 0.3) is 28.0 Å². The zero-order valence-electron chi connectivity index (χ0n) is 25.5. The van der Waals surface area contributed by atoms with Crippen molar-refractivity contribution in [2.75, 3.05) is 7.05 Å². The largest absolute Gasteiger partial charge is 0.333 e. The highest BCUT2D eigenvalue weighted by molar-refractivity contribution is 6.14. The lowest BCUT2D eigenvalue weighted by molar-refractivity contribution is 0.385. The van der Waals surface area contributed by atoms with Gasteiger partial charge in [-0.15, -0.1) is 0 Å². The molecule has 0 N–H and O–H groups in total. The maximum atomic E-state index is 5.42. The summed E-state index contributed by atoms with van der Waals surface area (Å²) in [5, 5.41) is 2.46. The van der Waals surface area contributed by atoms with Crippen LogP contribution in [0.1, 0.15) is 77.2 Å². The zero-order chi connectivity index (χ0) is 29.6. The van der Waals surface area contributed by atoms with Gasteiger partial charge < -0.3 is 4.90 Å². The van der Waals surface area contributed by atoms with E-state index in [4.69, 9.17) is 9.98 Å². The highest BCUT2D eigenvalue weighted by atomic mass is 15.3. The van der Waals surface area contributed by atoms with Crippen LogP contribution in [0.3, 0.4) is 0 Å². The summed E-state index contributed by atoms with van der Waals surface area (Å²) in [6.07, 6.45) is 10.2. The van der Waals surface area contributed by atoms with Gasteiger partial charge in [0.1, 0.15) is 5.84 Å². The van der Waals surface area contributed by atoms with E-state index in [0.29, 0.717) is 5.92 Å². The predicted octanol–water partition coefficient (Wildman–Crippen LogP) is 9.74. The number of allylic oxidation sites excluding steroid dienone is 1. The minimum atomic E-state index is -0.188. The molecule has 3 heteroatoms. The van der Waals surface area contributed by atoms with Crippen molar-refractivity contribution in [1.29, 1.82) is 0 Å². The van der Waals surface area contributed by atoms with E-state index in [0.717, 1.165) is 36.5 Å². The molecule has 2 aliphatic carbocycles. The third-order valence-corrected chi connectivity index (χ3v) is 9.82. The zero-order valence-corrected chi connectivity index (χ0v) is 25.5. The summed E-state index contributed by atoms with van der Waals surface area (Å²) in [4.78, 5) is 13.0. The van der Waals surface area contributed by atoms with Crippen molar-refractivity contribution in [2.24, 2.45) is 9.98 Å². The monoisotopic (exact) mass is 571 g/mol. The molecule has 0 amide bonds. The second-order valence-corrected chi connectivity index (χ2v) is 12.5. The van der Waals surface area contributed by atoms with E-state index in [-0.39, 0.29) is 6.17 Å². The van der Waals surface area contributed by atoms with Crippen LogP contribution in [-0.2, 0) is 12.8 Å². The summed E-state index contributed by atoms with van der Waals surface area (Å²) in [5.74, 6) is 2.36. The van der Waals surface area contributed by atoms with Crippen LogP contribution in [0.15, 0.2) is 119 Å². The number of aliphatic imine (C=N–C) groups is 2. The summed E-state index contributed by atoms with van der Waals surface area (Å²) in [5.41, 5.74) is 11.7. The van der Waals surface area contributed by atoms with Crippen LogP contribution in [-0.4, -0.2) is 23.6 Å². The number of fused-ring (bicyclic) bond motifs is 3. The summed E-state index contributed by atoms with van der Waals surface area (Å²) >= 11 is 0. The number of hydrogen-bond donors (Lipinski definition) is 0. The standard InChI is InChI=1S/C41H37N3/c1-27-11-7-20-36-32(27)18-10-21-37(36)39-42-40(44(2)41(43-39)38-22-9-15-29-13-4-6-17-35(29)38)31-25-23-30(24-26-31)34-19-8-14-28-12-3-5-16-33(28)34/h4-6,8-10,13-19,21-27,41H,3,7,11-12,20H2,1-2H3/t27?,41-/m1/s1. The van der Waals surface area contributed by atoms with Gasteiger partial charge in [0.05, 0.1) is 0 Å². The molecule has 216 valence electrons. The Morgan fingerprint density at radius 2 is 1.48 bits per heavy atom. The molecule has 3 aliphatic rings. The number of hydrogen-bond acceptors (Lipinski definition) is 3. The van der Waals surface area contributed by atoms with Crippen molar-refractivity contribution >= 4 is 28.5 Å². The van der Waals surface area contributed by atoms with Gasteiger partial charge in [-0.1, -0.05) is 122 Å². The van der Waals surface area contributed by atoms with E-state index >= 15 is 0 Å². The molecule has 0 aromatic heterocycles. The van der Waals surface area contributed by atoms with Crippen LogP contribution in [0, 0.1) is 0 Å². The fraction of sp³-hybridized carbons (Fsp3) is 0.220. The summed E-state index contributed by atoms with van der Waals surface area (Å²) in [7, 11) is 2.14.